The Morgan fingerprint density at radius 3 is 2.44 bits per heavy atom. The number of amides is 5. The van der Waals surface area contributed by atoms with Gasteiger partial charge in [0, 0.05) is 0 Å². The van der Waals surface area contributed by atoms with Gasteiger partial charge in [0.05, 0.1) is 24.1 Å². The lowest BCUT2D eigenvalue weighted by Gasteiger charge is -2.25. The zero-order chi connectivity index (χ0) is 23.1. The lowest BCUT2D eigenvalue weighted by atomic mass is 9.88. The number of furan rings is 1. The molecule has 1 aromatic heterocycles. The highest BCUT2D eigenvalue weighted by atomic mass is 16.3. The lowest BCUT2D eigenvalue weighted by molar-refractivity contribution is -0.134. The van der Waals surface area contributed by atoms with Crippen molar-refractivity contribution in [3.8, 4) is 0 Å². The first kappa shape index (κ1) is 23.1. The Kier molecular flexibility index (Phi) is 7.29. The maximum atomic E-state index is 13.0. The van der Waals surface area contributed by atoms with Crippen molar-refractivity contribution in [3.05, 3.63) is 54.0 Å². The van der Waals surface area contributed by atoms with Crippen molar-refractivity contribution >= 4 is 29.4 Å². The number of nitrogens with one attached hydrogen (secondary N) is 3. The number of rotatable bonds is 10. The van der Waals surface area contributed by atoms with Gasteiger partial charge in [0.25, 0.3) is 11.8 Å². The molecule has 0 aliphatic carbocycles. The summed E-state index contributed by atoms with van der Waals surface area (Å²) in [6.07, 6.45) is 4.00. The Morgan fingerprint density at radius 2 is 1.78 bits per heavy atom. The maximum absolute atomic E-state index is 13.0. The second-order valence-corrected chi connectivity index (χ2v) is 7.76. The van der Waals surface area contributed by atoms with Gasteiger partial charge in [0.2, 0.25) is 5.91 Å². The van der Waals surface area contributed by atoms with E-state index in [0.717, 1.165) is 17.7 Å². The fourth-order valence-corrected chi connectivity index (χ4v) is 3.94. The lowest BCUT2D eigenvalue weighted by Crippen LogP contribution is -2.47. The highest BCUT2D eigenvalue weighted by Gasteiger charge is 2.50. The molecule has 1 aromatic carbocycles. The van der Waals surface area contributed by atoms with Crippen molar-refractivity contribution in [2.45, 2.75) is 51.6 Å². The van der Waals surface area contributed by atoms with Crippen LogP contribution < -0.4 is 16.0 Å². The number of urea groups is 1. The Morgan fingerprint density at radius 1 is 1.06 bits per heavy atom. The smallest absolute Gasteiger partial charge is 0.325 e. The standard InChI is InChI=1S/C23H28N4O5/c1-3-11-23(12-4-2)21(30)27(22(31)26-23)15-19(28)25-18-10-6-5-9-17(18)20(29)24-14-16-8-7-13-32-16/h5-10,13H,3-4,11-12,14-15H2,1-2H3,(H,24,29)(H,25,28)(H,26,31). The Labute approximate surface area is 186 Å². The van der Waals surface area contributed by atoms with Crippen molar-refractivity contribution in [3.63, 3.8) is 0 Å². The summed E-state index contributed by atoms with van der Waals surface area (Å²) in [4.78, 5) is 51.6. The topological polar surface area (TPSA) is 121 Å². The molecule has 2 aromatic rings. The van der Waals surface area contributed by atoms with E-state index in [1.807, 2.05) is 13.8 Å². The molecule has 0 unspecified atom stereocenters. The van der Waals surface area contributed by atoms with Crippen LogP contribution in [0.3, 0.4) is 0 Å². The molecule has 1 aliphatic heterocycles. The van der Waals surface area contributed by atoms with Crippen LogP contribution in [0.5, 0.6) is 0 Å². The van der Waals surface area contributed by atoms with Crippen LogP contribution in [0.25, 0.3) is 0 Å². The number of benzene rings is 1. The molecular weight excluding hydrogens is 412 g/mol. The summed E-state index contributed by atoms with van der Waals surface area (Å²) < 4.78 is 5.20. The normalized spacial score (nSPS) is 14.9. The largest absolute Gasteiger partial charge is 0.467 e. The summed E-state index contributed by atoms with van der Waals surface area (Å²) in [5, 5.41) is 8.16. The number of nitrogens with zero attached hydrogens (tertiary/aromatic N) is 1. The van der Waals surface area contributed by atoms with E-state index in [1.165, 1.54) is 6.26 Å². The zero-order valence-electron chi connectivity index (χ0n) is 18.3. The van der Waals surface area contributed by atoms with Crippen molar-refractivity contribution in [2.75, 3.05) is 11.9 Å². The third-order valence-electron chi connectivity index (χ3n) is 5.35. The van der Waals surface area contributed by atoms with Crippen LogP contribution in [0, 0.1) is 0 Å². The molecule has 170 valence electrons. The van der Waals surface area contributed by atoms with Crippen LogP contribution in [0.2, 0.25) is 0 Å². The van der Waals surface area contributed by atoms with Crippen LogP contribution in [0.4, 0.5) is 10.5 Å². The van der Waals surface area contributed by atoms with Gasteiger partial charge in [-0.05, 0) is 37.1 Å². The van der Waals surface area contributed by atoms with E-state index in [1.54, 1.807) is 36.4 Å². The van der Waals surface area contributed by atoms with E-state index >= 15 is 0 Å². The zero-order valence-corrected chi connectivity index (χ0v) is 18.3. The average Bonchev–Trinajstić information content (AvgIpc) is 3.36. The van der Waals surface area contributed by atoms with Crippen molar-refractivity contribution in [1.82, 2.24) is 15.5 Å². The van der Waals surface area contributed by atoms with Gasteiger partial charge in [0.15, 0.2) is 0 Å². The van der Waals surface area contributed by atoms with Crippen LogP contribution in [-0.2, 0) is 16.1 Å². The molecule has 0 radical (unpaired) electrons. The van der Waals surface area contributed by atoms with Gasteiger partial charge in [-0.1, -0.05) is 38.8 Å². The Hall–Kier alpha value is -3.62. The molecule has 0 spiro atoms. The van der Waals surface area contributed by atoms with Gasteiger partial charge >= 0.3 is 6.03 Å². The third-order valence-corrected chi connectivity index (χ3v) is 5.35. The minimum absolute atomic E-state index is 0.202. The molecule has 1 saturated heterocycles. The highest BCUT2D eigenvalue weighted by molar-refractivity contribution is 6.11. The van der Waals surface area contributed by atoms with Crippen molar-refractivity contribution in [1.29, 1.82) is 0 Å². The highest BCUT2D eigenvalue weighted by Crippen LogP contribution is 2.28. The van der Waals surface area contributed by atoms with Crippen LogP contribution in [-0.4, -0.2) is 40.7 Å². The second kappa shape index (κ2) is 10.1. The van der Waals surface area contributed by atoms with Gasteiger partial charge in [-0.2, -0.15) is 0 Å². The number of hydrogen-bond acceptors (Lipinski definition) is 5. The molecule has 3 N–H and O–H groups in total. The first-order chi connectivity index (χ1) is 15.4. The van der Waals surface area contributed by atoms with Crippen LogP contribution in [0.1, 0.15) is 55.6 Å². The monoisotopic (exact) mass is 440 g/mol. The minimum atomic E-state index is -0.954. The summed E-state index contributed by atoms with van der Waals surface area (Å²) in [5.41, 5.74) is -0.407. The number of carbonyl (C=O) groups excluding carboxylic acids is 4. The summed E-state index contributed by atoms with van der Waals surface area (Å²) in [6.45, 7) is 3.66. The number of imide groups is 1. The Balaban J connectivity index is 1.67. The van der Waals surface area contributed by atoms with E-state index in [-0.39, 0.29) is 23.7 Å². The van der Waals surface area contributed by atoms with Gasteiger partial charge in [-0.15, -0.1) is 0 Å². The van der Waals surface area contributed by atoms with E-state index in [2.05, 4.69) is 16.0 Å². The third kappa shape index (κ3) is 4.99. The fourth-order valence-electron chi connectivity index (χ4n) is 3.94. The van der Waals surface area contributed by atoms with E-state index in [9.17, 15) is 19.2 Å². The molecule has 9 heteroatoms. The number of para-hydroxylation sites is 1. The Bertz CT molecular complexity index is 980. The molecule has 1 aliphatic rings. The predicted octanol–water partition coefficient (Wildman–Crippen LogP) is 3.04. The van der Waals surface area contributed by atoms with Gasteiger partial charge < -0.3 is 20.4 Å². The van der Waals surface area contributed by atoms with E-state index < -0.39 is 29.9 Å². The molecule has 3 rings (SSSR count). The molecule has 2 heterocycles. The van der Waals surface area contributed by atoms with E-state index in [0.29, 0.717) is 18.6 Å². The summed E-state index contributed by atoms with van der Waals surface area (Å²) in [7, 11) is 0. The fraction of sp³-hybridized carbons (Fsp3) is 0.391. The van der Waals surface area contributed by atoms with Gasteiger partial charge in [0.1, 0.15) is 17.8 Å². The first-order valence-corrected chi connectivity index (χ1v) is 10.7. The molecule has 9 nitrogen and oxygen atoms in total. The van der Waals surface area contributed by atoms with E-state index in [4.69, 9.17) is 4.42 Å². The van der Waals surface area contributed by atoms with Crippen molar-refractivity contribution < 1.29 is 23.6 Å². The van der Waals surface area contributed by atoms with Crippen molar-refractivity contribution in [2.24, 2.45) is 0 Å². The summed E-state index contributed by atoms with van der Waals surface area (Å²) in [5.74, 6) is -0.743. The molecule has 5 amide bonds. The SMILES string of the molecule is CCCC1(CCC)NC(=O)N(CC(=O)Nc2ccccc2C(=O)NCc2ccco2)C1=O. The molecular formula is C23H28N4O5. The number of anilines is 1. The predicted molar refractivity (Wildman–Crippen MR) is 118 cm³/mol. The van der Waals surface area contributed by atoms with Gasteiger partial charge in [-0.25, -0.2) is 4.79 Å². The minimum Gasteiger partial charge on any atom is -0.467 e. The molecule has 32 heavy (non-hydrogen) atoms. The number of carbonyl (C=O) groups is 4. The van der Waals surface area contributed by atoms with Crippen LogP contribution >= 0.6 is 0 Å². The maximum Gasteiger partial charge on any atom is 0.325 e. The quantitative estimate of drug-likeness (QED) is 0.491. The molecule has 0 bridgehead atoms. The molecule has 0 saturated carbocycles. The molecule has 0 atom stereocenters. The second-order valence-electron chi connectivity index (χ2n) is 7.76. The number of hydrogen-bond donors (Lipinski definition) is 3. The molecule has 1 fully saturated rings. The first-order valence-electron chi connectivity index (χ1n) is 10.7. The average molecular weight is 441 g/mol. The summed E-state index contributed by atoms with van der Waals surface area (Å²) >= 11 is 0. The summed E-state index contributed by atoms with van der Waals surface area (Å²) in [6, 6.07) is 9.42. The van der Waals surface area contributed by atoms with Gasteiger partial charge in [-0.3, -0.25) is 19.3 Å². The van der Waals surface area contributed by atoms with Crippen LogP contribution in [0.15, 0.2) is 47.1 Å².